The molecule has 0 aliphatic carbocycles. The molecule has 1 amide bonds. The van der Waals surface area contributed by atoms with Crippen LogP contribution < -0.4 is 19.5 Å². The molecule has 0 unspecified atom stereocenters. The van der Waals surface area contributed by atoms with E-state index in [1.165, 1.54) is 10.7 Å². The van der Waals surface area contributed by atoms with Crippen molar-refractivity contribution in [1.29, 1.82) is 0 Å². The maximum Gasteiger partial charge on any atom is 0.410 e. The molecule has 2 aromatic heterocycles. The molecule has 3 aromatic rings. The minimum atomic E-state index is -1.19. The van der Waals surface area contributed by atoms with Crippen LogP contribution in [0.3, 0.4) is 0 Å². The molecule has 9 heteroatoms. The van der Waals surface area contributed by atoms with E-state index in [2.05, 4.69) is 15.4 Å². The van der Waals surface area contributed by atoms with E-state index in [1.807, 2.05) is 12.1 Å². The third-order valence-electron chi connectivity index (χ3n) is 3.39. The normalized spacial score (nSPS) is 10.5. The highest BCUT2D eigenvalue weighted by molar-refractivity contribution is 5.81. The second-order valence-electron chi connectivity index (χ2n) is 4.97. The lowest BCUT2D eigenvalue weighted by Gasteiger charge is -2.12. The molecule has 25 heavy (non-hydrogen) atoms. The maximum absolute atomic E-state index is 10.7. The SMILES string of the molecule is COc1cccc(COc2ccc3nc(NC(=O)O)cn3n2)c1OC. The smallest absolute Gasteiger partial charge is 0.410 e. The molecule has 0 aliphatic heterocycles. The molecule has 0 radical (unpaired) electrons. The molecule has 0 atom stereocenters. The lowest BCUT2D eigenvalue weighted by molar-refractivity contribution is 0.209. The van der Waals surface area contributed by atoms with E-state index in [-0.39, 0.29) is 12.4 Å². The molecule has 0 bridgehead atoms. The van der Waals surface area contributed by atoms with E-state index in [0.29, 0.717) is 23.0 Å². The Morgan fingerprint density at radius 1 is 1.24 bits per heavy atom. The second kappa shape index (κ2) is 6.95. The number of imidazole rings is 1. The van der Waals surface area contributed by atoms with Gasteiger partial charge >= 0.3 is 6.09 Å². The zero-order valence-electron chi connectivity index (χ0n) is 13.6. The van der Waals surface area contributed by atoms with E-state index in [9.17, 15) is 4.79 Å². The summed E-state index contributed by atoms with van der Waals surface area (Å²) in [5, 5.41) is 15.1. The molecule has 0 spiro atoms. The molecule has 2 heterocycles. The second-order valence-corrected chi connectivity index (χ2v) is 4.97. The molecule has 0 fully saturated rings. The topological polar surface area (TPSA) is 107 Å². The highest BCUT2D eigenvalue weighted by atomic mass is 16.5. The molecule has 0 saturated heterocycles. The van der Waals surface area contributed by atoms with Crippen LogP contribution in [-0.4, -0.2) is 40.0 Å². The number of carbonyl (C=O) groups is 1. The van der Waals surface area contributed by atoms with Gasteiger partial charge in [0.15, 0.2) is 23.0 Å². The average Bonchev–Trinajstić information content (AvgIpc) is 2.99. The molecule has 130 valence electrons. The fraction of sp³-hybridized carbons (Fsp3) is 0.188. The third kappa shape index (κ3) is 3.55. The van der Waals surface area contributed by atoms with Gasteiger partial charge in [-0.15, -0.1) is 5.10 Å². The van der Waals surface area contributed by atoms with Crippen LogP contribution in [0.5, 0.6) is 17.4 Å². The number of fused-ring (bicyclic) bond motifs is 1. The van der Waals surface area contributed by atoms with Gasteiger partial charge in [0.25, 0.3) is 0 Å². The number of nitrogens with one attached hydrogen (secondary N) is 1. The van der Waals surface area contributed by atoms with Crippen molar-refractivity contribution in [3.05, 3.63) is 42.1 Å². The average molecular weight is 344 g/mol. The Morgan fingerprint density at radius 2 is 2.08 bits per heavy atom. The number of carboxylic acid groups (broad SMARTS) is 1. The summed E-state index contributed by atoms with van der Waals surface area (Å²) in [6, 6.07) is 8.84. The Bertz CT molecular complexity index is 909. The summed E-state index contributed by atoms with van der Waals surface area (Å²) in [6.07, 6.45) is 0.271. The zero-order valence-corrected chi connectivity index (χ0v) is 13.6. The molecule has 9 nitrogen and oxygen atoms in total. The molecular formula is C16H16N4O5. The number of hydrogen-bond donors (Lipinski definition) is 2. The number of nitrogens with zero attached hydrogens (tertiary/aromatic N) is 3. The highest BCUT2D eigenvalue weighted by Gasteiger charge is 2.11. The van der Waals surface area contributed by atoms with Crippen molar-refractivity contribution in [3.8, 4) is 17.4 Å². The van der Waals surface area contributed by atoms with Crippen molar-refractivity contribution in [2.45, 2.75) is 6.61 Å². The summed E-state index contributed by atoms with van der Waals surface area (Å²) in [5.74, 6) is 1.76. The van der Waals surface area contributed by atoms with Crippen molar-refractivity contribution in [2.75, 3.05) is 19.5 Å². The Morgan fingerprint density at radius 3 is 2.80 bits per heavy atom. The lowest BCUT2D eigenvalue weighted by Crippen LogP contribution is -2.07. The van der Waals surface area contributed by atoms with Gasteiger partial charge in [0.05, 0.1) is 20.4 Å². The number of methoxy groups -OCH3 is 2. The molecule has 1 aromatic carbocycles. The number of benzene rings is 1. The van der Waals surface area contributed by atoms with Crippen LogP contribution in [0.15, 0.2) is 36.5 Å². The third-order valence-corrected chi connectivity index (χ3v) is 3.39. The van der Waals surface area contributed by atoms with Gasteiger partial charge in [0.2, 0.25) is 5.88 Å². The Hall–Kier alpha value is -3.49. The highest BCUT2D eigenvalue weighted by Crippen LogP contribution is 2.31. The molecule has 2 N–H and O–H groups in total. The number of para-hydroxylation sites is 1. The zero-order chi connectivity index (χ0) is 17.8. The summed E-state index contributed by atoms with van der Waals surface area (Å²) < 4.78 is 17.8. The van der Waals surface area contributed by atoms with Crippen molar-refractivity contribution in [3.63, 3.8) is 0 Å². The predicted octanol–water partition coefficient (Wildman–Crippen LogP) is 2.42. The Kier molecular flexibility index (Phi) is 4.55. The van der Waals surface area contributed by atoms with Crippen LogP contribution in [-0.2, 0) is 6.61 Å². The Balaban J connectivity index is 1.78. The first-order valence-corrected chi connectivity index (χ1v) is 7.29. The summed E-state index contributed by atoms with van der Waals surface area (Å²) in [5.41, 5.74) is 1.30. The van der Waals surface area contributed by atoms with Gasteiger partial charge in [-0.05, 0) is 12.1 Å². The van der Waals surface area contributed by atoms with E-state index in [4.69, 9.17) is 19.3 Å². The molecular weight excluding hydrogens is 328 g/mol. The summed E-state index contributed by atoms with van der Waals surface area (Å²) in [7, 11) is 3.13. The van der Waals surface area contributed by atoms with Crippen LogP contribution in [0.1, 0.15) is 5.56 Å². The fourth-order valence-corrected chi connectivity index (χ4v) is 2.33. The summed E-state index contributed by atoms with van der Waals surface area (Å²) >= 11 is 0. The first-order chi connectivity index (χ1) is 12.1. The minimum absolute atomic E-state index is 0.187. The monoisotopic (exact) mass is 344 g/mol. The van der Waals surface area contributed by atoms with Crippen LogP contribution in [0.25, 0.3) is 5.65 Å². The lowest BCUT2D eigenvalue weighted by atomic mass is 10.2. The van der Waals surface area contributed by atoms with Crippen LogP contribution in [0.4, 0.5) is 10.6 Å². The van der Waals surface area contributed by atoms with Gasteiger partial charge in [0.1, 0.15) is 6.61 Å². The van der Waals surface area contributed by atoms with Gasteiger partial charge in [-0.1, -0.05) is 12.1 Å². The first kappa shape index (κ1) is 16.4. The van der Waals surface area contributed by atoms with Crippen molar-refractivity contribution < 1.29 is 24.1 Å². The first-order valence-electron chi connectivity index (χ1n) is 7.29. The largest absolute Gasteiger partial charge is 0.493 e. The van der Waals surface area contributed by atoms with Gasteiger partial charge in [0, 0.05) is 11.6 Å². The number of anilines is 1. The summed E-state index contributed by atoms with van der Waals surface area (Å²) in [6.45, 7) is 0.230. The fourth-order valence-electron chi connectivity index (χ4n) is 2.33. The number of rotatable bonds is 6. The summed E-state index contributed by atoms with van der Waals surface area (Å²) in [4.78, 5) is 14.7. The number of amides is 1. The molecule has 0 saturated carbocycles. The van der Waals surface area contributed by atoms with Crippen molar-refractivity contribution >= 4 is 17.6 Å². The van der Waals surface area contributed by atoms with Crippen molar-refractivity contribution in [1.82, 2.24) is 14.6 Å². The van der Waals surface area contributed by atoms with E-state index >= 15 is 0 Å². The van der Waals surface area contributed by atoms with Crippen molar-refractivity contribution in [2.24, 2.45) is 0 Å². The van der Waals surface area contributed by atoms with Gasteiger partial charge in [-0.3, -0.25) is 5.32 Å². The molecule has 0 aliphatic rings. The quantitative estimate of drug-likeness (QED) is 0.707. The van der Waals surface area contributed by atoms with Crippen LogP contribution in [0.2, 0.25) is 0 Å². The van der Waals surface area contributed by atoms with E-state index in [0.717, 1.165) is 5.56 Å². The minimum Gasteiger partial charge on any atom is -0.493 e. The van der Waals surface area contributed by atoms with Crippen LogP contribution >= 0.6 is 0 Å². The number of hydrogen-bond acceptors (Lipinski definition) is 6. The van der Waals surface area contributed by atoms with E-state index in [1.54, 1.807) is 32.4 Å². The van der Waals surface area contributed by atoms with Gasteiger partial charge < -0.3 is 19.3 Å². The maximum atomic E-state index is 10.7. The number of aromatic nitrogens is 3. The van der Waals surface area contributed by atoms with Gasteiger partial charge in [-0.25, -0.2) is 14.3 Å². The Labute approximate surface area is 142 Å². The van der Waals surface area contributed by atoms with E-state index < -0.39 is 6.09 Å². The molecule has 3 rings (SSSR count). The predicted molar refractivity (Wildman–Crippen MR) is 88.5 cm³/mol. The number of ether oxygens (including phenoxy) is 3. The van der Waals surface area contributed by atoms with Crippen LogP contribution in [0, 0.1) is 0 Å². The van der Waals surface area contributed by atoms with Gasteiger partial charge in [-0.2, -0.15) is 0 Å². The standard InChI is InChI=1S/C16H16N4O5/c1-23-11-5-3-4-10(15(11)24-2)9-25-14-7-6-13-17-12(18-16(21)22)8-20(13)19-14/h3-8,18H,9H2,1-2H3,(H,21,22).